The number of nitrogens with zero attached hydrogens (tertiary/aromatic N) is 2. The number of hydrogen-bond donors (Lipinski definition) is 1. The van der Waals surface area contributed by atoms with E-state index in [4.69, 9.17) is 4.74 Å². The smallest absolute Gasteiger partial charge is 0.338 e. The minimum atomic E-state index is -0.641. The molecule has 0 unspecified atom stereocenters. The second kappa shape index (κ2) is 8.46. The molecule has 0 aliphatic carbocycles. The Morgan fingerprint density at radius 1 is 1.11 bits per heavy atom. The van der Waals surface area contributed by atoms with Gasteiger partial charge in [-0.25, -0.2) is 4.79 Å². The van der Waals surface area contributed by atoms with Crippen molar-refractivity contribution in [1.82, 2.24) is 4.57 Å². The molecule has 2 aromatic carbocycles. The topological polar surface area (TPSA) is 80.9 Å². The highest BCUT2D eigenvalue weighted by Crippen LogP contribution is 2.10. The van der Waals surface area contributed by atoms with Gasteiger partial charge in [0.25, 0.3) is 5.91 Å². The maximum absolute atomic E-state index is 12.1. The number of hydrogen-bond acceptors (Lipinski definition) is 5. The van der Waals surface area contributed by atoms with Gasteiger partial charge in [-0.15, -0.1) is 11.3 Å². The van der Waals surface area contributed by atoms with Gasteiger partial charge in [0.2, 0.25) is 0 Å². The number of phenolic OH excluding ortho intramolecular Hbond substituents is 1. The molecule has 138 valence electrons. The molecular formula is C20H18N2O4S. The summed E-state index contributed by atoms with van der Waals surface area (Å²) in [4.78, 5) is 28.5. The Hall–Kier alpha value is -3.19. The van der Waals surface area contributed by atoms with Crippen molar-refractivity contribution in [3.05, 3.63) is 81.6 Å². The van der Waals surface area contributed by atoms with Gasteiger partial charge < -0.3 is 14.4 Å². The van der Waals surface area contributed by atoms with E-state index in [0.29, 0.717) is 11.3 Å². The molecule has 27 heavy (non-hydrogen) atoms. The van der Waals surface area contributed by atoms with E-state index < -0.39 is 18.5 Å². The van der Waals surface area contributed by atoms with Crippen LogP contribution in [-0.2, 0) is 16.1 Å². The largest absolute Gasteiger partial charge is 0.508 e. The van der Waals surface area contributed by atoms with Crippen molar-refractivity contribution in [1.29, 1.82) is 0 Å². The Morgan fingerprint density at radius 2 is 1.81 bits per heavy atom. The molecule has 7 heteroatoms. The van der Waals surface area contributed by atoms with Crippen molar-refractivity contribution >= 4 is 23.2 Å². The van der Waals surface area contributed by atoms with Crippen LogP contribution in [0.3, 0.4) is 0 Å². The number of carbonyl (C=O) groups is 2. The van der Waals surface area contributed by atoms with Crippen molar-refractivity contribution in [3.63, 3.8) is 0 Å². The van der Waals surface area contributed by atoms with Gasteiger partial charge in [-0.05, 0) is 36.8 Å². The van der Waals surface area contributed by atoms with E-state index in [0.717, 1.165) is 5.56 Å². The quantitative estimate of drug-likeness (QED) is 0.688. The third-order valence-corrected chi connectivity index (χ3v) is 4.58. The number of esters is 1. The fraction of sp³-hybridized carbons (Fsp3) is 0.150. The van der Waals surface area contributed by atoms with E-state index in [9.17, 15) is 14.7 Å². The van der Waals surface area contributed by atoms with Crippen molar-refractivity contribution in [2.45, 2.75) is 13.5 Å². The molecule has 0 aliphatic heterocycles. The summed E-state index contributed by atoms with van der Waals surface area (Å²) >= 11 is 1.34. The summed E-state index contributed by atoms with van der Waals surface area (Å²) in [5, 5.41) is 11.1. The molecule has 1 N–H and O–H groups in total. The minimum Gasteiger partial charge on any atom is -0.508 e. The monoisotopic (exact) mass is 382 g/mol. The predicted molar refractivity (Wildman–Crippen MR) is 102 cm³/mol. The fourth-order valence-electron chi connectivity index (χ4n) is 2.34. The molecule has 0 fully saturated rings. The van der Waals surface area contributed by atoms with Crippen LogP contribution < -0.4 is 4.80 Å². The first kappa shape index (κ1) is 18.6. The second-order valence-electron chi connectivity index (χ2n) is 5.93. The Kier molecular flexibility index (Phi) is 5.83. The zero-order chi connectivity index (χ0) is 19.2. The maximum atomic E-state index is 12.1. The third kappa shape index (κ3) is 5.15. The molecule has 0 bridgehead atoms. The first-order chi connectivity index (χ1) is 13.0. The lowest BCUT2D eigenvalue weighted by molar-refractivity contribution is -0.121. The zero-order valence-electron chi connectivity index (χ0n) is 14.7. The van der Waals surface area contributed by atoms with Gasteiger partial charge in [0.1, 0.15) is 5.75 Å². The third-order valence-electron chi connectivity index (χ3n) is 3.78. The number of ether oxygens (including phenoxy) is 1. The predicted octanol–water partition coefficient (Wildman–Crippen LogP) is 2.90. The maximum Gasteiger partial charge on any atom is 0.338 e. The van der Waals surface area contributed by atoms with Gasteiger partial charge in [-0.3, -0.25) is 4.79 Å². The summed E-state index contributed by atoms with van der Waals surface area (Å²) in [5.41, 5.74) is 2.54. The van der Waals surface area contributed by atoms with Crippen LogP contribution in [0.5, 0.6) is 5.75 Å². The average Bonchev–Trinajstić information content (AvgIpc) is 3.09. The molecule has 3 rings (SSSR count). The molecule has 3 aromatic rings. The highest BCUT2D eigenvalue weighted by atomic mass is 32.1. The number of aryl methyl sites for hydroxylation is 1. The Bertz CT molecular complexity index is 1000. The van der Waals surface area contributed by atoms with Crippen LogP contribution in [0.2, 0.25) is 0 Å². The van der Waals surface area contributed by atoms with Gasteiger partial charge >= 0.3 is 5.97 Å². The summed E-state index contributed by atoms with van der Waals surface area (Å²) in [6.45, 7) is 2.19. The van der Waals surface area contributed by atoms with Crippen LogP contribution >= 0.6 is 11.3 Å². The van der Waals surface area contributed by atoms with Gasteiger partial charge in [0.15, 0.2) is 11.4 Å². The highest BCUT2D eigenvalue weighted by molar-refractivity contribution is 7.07. The summed E-state index contributed by atoms with van der Waals surface area (Å²) in [6.07, 6.45) is 1.86. The Labute approximate surface area is 160 Å². The lowest BCUT2D eigenvalue weighted by Crippen LogP contribution is -2.20. The number of aromatic hydroxyl groups is 1. The number of thiazole rings is 1. The van der Waals surface area contributed by atoms with Gasteiger partial charge in [-0.2, -0.15) is 4.99 Å². The van der Waals surface area contributed by atoms with Gasteiger partial charge in [0.05, 0.1) is 5.56 Å². The molecule has 1 heterocycles. The van der Waals surface area contributed by atoms with Gasteiger partial charge in [-0.1, -0.05) is 29.8 Å². The van der Waals surface area contributed by atoms with Crippen molar-refractivity contribution in [2.24, 2.45) is 4.99 Å². The van der Waals surface area contributed by atoms with Crippen LogP contribution in [0.15, 0.2) is 65.1 Å². The van der Waals surface area contributed by atoms with Crippen molar-refractivity contribution in [2.75, 3.05) is 6.61 Å². The number of aromatic nitrogens is 1. The average molecular weight is 382 g/mol. The summed E-state index contributed by atoms with van der Waals surface area (Å²) in [7, 11) is 0. The van der Waals surface area contributed by atoms with Crippen molar-refractivity contribution in [3.8, 4) is 5.75 Å². The van der Waals surface area contributed by atoms with Crippen LogP contribution in [0.1, 0.15) is 21.5 Å². The first-order valence-electron chi connectivity index (χ1n) is 8.24. The van der Waals surface area contributed by atoms with E-state index in [-0.39, 0.29) is 11.3 Å². The summed E-state index contributed by atoms with van der Waals surface area (Å²) in [6, 6.07) is 13.7. The fourth-order valence-corrected chi connectivity index (χ4v) is 3.09. The molecule has 0 spiro atoms. The van der Waals surface area contributed by atoms with E-state index in [1.54, 1.807) is 0 Å². The molecule has 6 nitrogen and oxygen atoms in total. The number of phenols is 1. The molecule has 0 aliphatic rings. The summed E-state index contributed by atoms with van der Waals surface area (Å²) in [5.74, 6) is -1.13. The molecule has 0 saturated carbocycles. The van der Waals surface area contributed by atoms with Gasteiger partial charge in [0, 0.05) is 18.1 Å². The molecule has 1 amide bonds. The number of benzene rings is 2. The Balaban J connectivity index is 1.63. The molecule has 0 radical (unpaired) electrons. The van der Waals surface area contributed by atoms with Crippen molar-refractivity contribution < 1.29 is 19.4 Å². The van der Waals surface area contributed by atoms with E-state index in [2.05, 4.69) is 4.99 Å². The van der Waals surface area contributed by atoms with E-state index in [1.165, 1.54) is 41.2 Å². The minimum absolute atomic E-state index is 0.0495. The second-order valence-corrected chi connectivity index (χ2v) is 6.80. The molecule has 0 saturated heterocycles. The Morgan fingerprint density at radius 3 is 2.52 bits per heavy atom. The van der Waals surface area contributed by atoms with Crippen LogP contribution in [0.4, 0.5) is 0 Å². The van der Waals surface area contributed by atoms with Crippen LogP contribution in [-0.4, -0.2) is 28.2 Å². The van der Waals surface area contributed by atoms with Crippen LogP contribution in [0.25, 0.3) is 0 Å². The summed E-state index contributed by atoms with van der Waals surface area (Å²) < 4.78 is 6.85. The van der Waals surface area contributed by atoms with E-state index in [1.807, 2.05) is 47.3 Å². The first-order valence-corrected chi connectivity index (χ1v) is 9.12. The molecular weight excluding hydrogens is 364 g/mol. The number of rotatable bonds is 5. The highest BCUT2D eigenvalue weighted by Gasteiger charge is 2.10. The lowest BCUT2D eigenvalue weighted by atomic mass is 10.1. The number of carbonyl (C=O) groups excluding carboxylic acids is 2. The van der Waals surface area contributed by atoms with Crippen LogP contribution in [0, 0.1) is 6.92 Å². The standard InChI is InChI=1S/C20H18N2O4S/c1-14-2-4-15(5-3-14)12-22-10-11-27-20(22)21-18(24)13-26-19(25)16-6-8-17(23)9-7-16/h2-11,23H,12-13H2,1H3. The lowest BCUT2D eigenvalue weighted by Gasteiger charge is -2.04. The number of amides is 1. The normalized spacial score (nSPS) is 11.4. The zero-order valence-corrected chi connectivity index (χ0v) is 15.5. The molecule has 0 atom stereocenters. The SMILES string of the molecule is Cc1ccc(Cn2ccsc2=NC(=O)COC(=O)c2ccc(O)cc2)cc1. The van der Waals surface area contributed by atoms with E-state index >= 15 is 0 Å². The molecule has 1 aromatic heterocycles.